The van der Waals surface area contributed by atoms with Crippen LogP contribution in [0.2, 0.25) is 5.02 Å². The molecular weight excluding hydrogens is 232 g/mol. The fourth-order valence-electron chi connectivity index (χ4n) is 0.707. The number of pyridine rings is 1. The Morgan fingerprint density at radius 2 is 2.29 bits per heavy atom. The Balaban J connectivity index is 2.55. The van der Waals surface area contributed by atoms with Crippen molar-refractivity contribution in [3.63, 3.8) is 0 Å². The van der Waals surface area contributed by atoms with E-state index in [2.05, 4.69) is 4.98 Å². The zero-order chi connectivity index (χ0) is 10.6. The maximum Gasteiger partial charge on any atom is 0.234 e. The third-order valence-electron chi connectivity index (χ3n) is 1.38. The van der Waals surface area contributed by atoms with Crippen molar-refractivity contribution in [1.82, 2.24) is 4.98 Å². The zero-order valence-electron chi connectivity index (χ0n) is 7.08. The van der Waals surface area contributed by atoms with Crippen molar-refractivity contribution in [1.29, 1.82) is 0 Å². The van der Waals surface area contributed by atoms with Crippen molar-refractivity contribution in [3.05, 3.63) is 23.1 Å². The van der Waals surface area contributed by atoms with Gasteiger partial charge in [0.25, 0.3) is 0 Å². The molecule has 1 atom stereocenters. The van der Waals surface area contributed by atoms with E-state index in [0.29, 0.717) is 0 Å². The van der Waals surface area contributed by atoms with Gasteiger partial charge in [0.15, 0.2) is 0 Å². The van der Waals surface area contributed by atoms with E-state index in [4.69, 9.17) is 33.0 Å². The fourth-order valence-corrected chi connectivity index (χ4v) is 0.901. The molecule has 3 nitrogen and oxygen atoms in total. The number of hydrogen-bond acceptors (Lipinski definition) is 3. The number of halogens is 3. The smallest absolute Gasteiger partial charge is 0.234 e. The van der Waals surface area contributed by atoms with E-state index in [9.17, 15) is 4.39 Å². The lowest BCUT2D eigenvalue weighted by Gasteiger charge is -2.08. The van der Waals surface area contributed by atoms with Crippen molar-refractivity contribution in [2.45, 2.75) is 6.10 Å². The van der Waals surface area contributed by atoms with E-state index in [1.54, 1.807) is 0 Å². The van der Waals surface area contributed by atoms with E-state index in [-0.39, 0.29) is 23.4 Å². The molecule has 78 valence electrons. The highest BCUT2D eigenvalue weighted by Crippen LogP contribution is 2.16. The Bertz CT molecular complexity index is 311. The number of nitrogens with zero attached hydrogens (tertiary/aromatic N) is 1. The minimum absolute atomic E-state index is 0.0302. The number of aromatic nitrogens is 1. The van der Waals surface area contributed by atoms with Crippen LogP contribution in [0.15, 0.2) is 12.1 Å². The first-order valence-electron chi connectivity index (χ1n) is 3.82. The molecule has 1 rings (SSSR count). The van der Waals surface area contributed by atoms with Crippen LogP contribution in [0.25, 0.3) is 0 Å². The second-order valence-corrected chi connectivity index (χ2v) is 3.26. The predicted molar refractivity (Wildman–Crippen MR) is 51.4 cm³/mol. The molecule has 0 fully saturated rings. The van der Waals surface area contributed by atoms with Crippen molar-refractivity contribution >= 4 is 23.2 Å². The third kappa shape index (κ3) is 3.29. The molecule has 0 aliphatic rings. The van der Waals surface area contributed by atoms with Gasteiger partial charge in [0, 0.05) is 6.07 Å². The van der Waals surface area contributed by atoms with Gasteiger partial charge in [-0.3, -0.25) is 0 Å². The molecule has 0 aromatic carbocycles. The van der Waals surface area contributed by atoms with Crippen LogP contribution in [0, 0.1) is 5.95 Å². The summed E-state index contributed by atoms with van der Waals surface area (Å²) in [6.07, 6.45) is -0.794. The average Bonchev–Trinajstić information content (AvgIpc) is 2.19. The number of hydrogen-bond donors (Lipinski definition) is 1. The number of rotatable bonds is 4. The molecule has 0 saturated carbocycles. The van der Waals surface area contributed by atoms with Crippen molar-refractivity contribution in [2.24, 2.45) is 0 Å². The molecule has 1 unspecified atom stereocenters. The molecule has 0 amide bonds. The Morgan fingerprint density at radius 1 is 1.57 bits per heavy atom. The zero-order valence-corrected chi connectivity index (χ0v) is 8.59. The van der Waals surface area contributed by atoms with E-state index in [1.807, 2.05) is 0 Å². The van der Waals surface area contributed by atoms with Crippen molar-refractivity contribution in [3.8, 4) is 5.88 Å². The first-order chi connectivity index (χ1) is 6.63. The first kappa shape index (κ1) is 11.5. The van der Waals surface area contributed by atoms with Gasteiger partial charge in [-0.05, 0) is 6.07 Å². The molecule has 1 heterocycles. The fraction of sp³-hybridized carbons (Fsp3) is 0.375. The van der Waals surface area contributed by atoms with Gasteiger partial charge in [-0.1, -0.05) is 11.6 Å². The summed E-state index contributed by atoms with van der Waals surface area (Å²) in [6.45, 7) is -0.0302. The van der Waals surface area contributed by atoms with E-state index >= 15 is 0 Å². The molecule has 0 aliphatic heterocycles. The van der Waals surface area contributed by atoms with Crippen LogP contribution >= 0.6 is 23.2 Å². The second kappa shape index (κ2) is 5.34. The molecule has 1 aromatic heterocycles. The molecule has 1 aromatic rings. The highest BCUT2D eigenvalue weighted by atomic mass is 35.5. The maximum atomic E-state index is 12.8. The van der Waals surface area contributed by atoms with E-state index in [1.165, 1.54) is 12.1 Å². The Labute approximate surface area is 90.4 Å². The van der Waals surface area contributed by atoms with Crippen LogP contribution in [0.5, 0.6) is 5.88 Å². The van der Waals surface area contributed by atoms with Crippen LogP contribution in [-0.4, -0.2) is 28.7 Å². The molecule has 0 aliphatic carbocycles. The van der Waals surface area contributed by atoms with Gasteiger partial charge < -0.3 is 9.84 Å². The lowest BCUT2D eigenvalue weighted by Crippen LogP contribution is -2.19. The summed E-state index contributed by atoms with van der Waals surface area (Å²) < 4.78 is 17.7. The highest BCUT2D eigenvalue weighted by molar-refractivity contribution is 6.30. The summed E-state index contributed by atoms with van der Waals surface area (Å²) >= 11 is 10.7. The van der Waals surface area contributed by atoms with E-state index in [0.717, 1.165) is 0 Å². The molecule has 0 spiro atoms. The number of aliphatic hydroxyl groups is 1. The predicted octanol–water partition coefficient (Wildman–Crippen LogP) is 1.85. The lowest BCUT2D eigenvalue weighted by molar-refractivity contribution is 0.122. The highest BCUT2D eigenvalue weighted by Gasteiger charge is 2.06. The van der Waals surface area contributed by atoms with Crippen molar-refractivity contribution in [2.75, 3.05) is 12.5 Å². The Hall–Kier alpha value is -0.580. The molecular formula is C8H8Cl2FNO2. The summed E-state index contributed by atoms with van der Waals surface area (Å²) in [7, 11) is 0. The number of aliphatic hydroxyl groups excluding tert-OH is 1. The molecule has 0 radical (unpaired) electrons. The van der Waals surface area contributed by atoms with Gasteiger partial charge in [-0.2, -0.15) is 9.37 Å². The lowest BCUT2D eigenvalue weighted by atomic mass is 10.4. The van der Waals surface area contributed by atoms with Crippen LogP contribution < -0.4 is 4.74 Å². The second-order valence-electron chi connectivity index (χ2n) is 2.54. The largest absolute Gasteiger partial charge is 0.475 e. The summed E-state index contributed by atoms with van der Waals surface area (Å²) in [5.74, 6) is -0.684. The summed E-state index contributed by atoms with van der Waals surface area (Å²) in [5, 5.41) is 8.96. The Kier molecular flexibility index (Phi) is 4.38. The SMILES string of the molecule is OC(CCl)COc1ccc(Cl)c(F)n1. The summed E-state index contributed by atoms with van der Waals surface area (Å²) in [5.41, 5.74) is 0. The van der Waals surface area contributed by atoms with Crippen LogP contribution in [0.3, 0.4) is 0 Å². The quantitative estimate of drug-likeness (QED) is 0.645. The molecule has 1 N–H and O–H groups in total. The Morgan fingerprint density at radius 3 is 2.86 bits per heavy atom. The van der Waals surface area contributed by atoms with Crippen LogP contribution in [0.4, 0.5) is 4.39 Å². The van der Waals surface area contributed by atoms with Gasteiger partial charge in [0.1, 0.15) is 12.7 Å². The standard InChI is InChI=1S/C8H8Cl2FNO2/c9-3-5(13)4-14-7-2-1-6(10)8(11)12-7/h1-2,5,13H,3-4H2. The van der Waals surface area contributed by atoms with E-state index < -0.39 is 12.1 Å². The third-order valence-corrected chi connectivity index (χ3v) is 2.02. The maximum absolute atomic E-state index is 12.8. The minimum Gasteiger partial charge on any atom is -0.475 e. The number of ether oxygens (including phenoxy) is 1. The molecule has 14 heavy (non-hydrogen) atoms. The van der Waals surface area contributed by atoms with Gasteiger partial charge in [-0.25, -0.2) is 0 Å². The van der Waals surface area contributed by atoms with Gasteiger partial charge in [-0.15, -0.1) is 11.6 Å². The minimum atomic E-state index is -0.801. The molecule has 6 heteroatoms. The average molecular weight is 240 g/mol. The van der Waals surface area contributed by atoms with Crippen LogP contribution in [-0.2, 0) is 0 Å². The van der Waals surface area contributed by atoms with Crippen molar-refractivity contribution < 1.29 is 14.2 Å². The van der Waals surface area contributed by atoms with Crippen LogP contribution in [0.1, 0.15) is 0 Å². The summed E-state index contributed by atoms with van der Waals surface area (Å²) in [6, 6.07) is 2.73. The first-order valence-corrected chi connectivity index (χ1v) is 4.73. The topological polar surface area (TPSA) is 42.4 Å². The molecule has 0 bridgehead atoms. The normalized spacial score (nSPS) is 12.6. The van der Waals surface area contributed by atoms with Gasteiger partial charge >= 0.3 is 0 Å². The monoisotopic (exact) mass is 239 g/mol. The number of alkyl halides is 1. The van der Waals surface area contributed by atoms with Gasteiger partial charge in [0.2, 0.25) is 11.8 Å². The summed E-state index contributed by atoms with van der Waals surface area (Å²) in [4.78, 5) is 3.40. The molecule has 0 saturated heterocycles. The van der Waals surface area contributed by atoms with Gasteiger partial charge in [0.05, 0.1) is 10.9 Å².